The molecule has 0 radical (unpaired) electrons. The minimum atomic E-state index is -0.553. The van der Waals surface area contributed by atoms with Crippen LogP contribution in [-0.4, -0.2) is 16.3 Å². The summed E-state index contributed by atoms with van der Waals surface area (Å²) in [5.74, 6) is -0.208. The van der Waals surface area contributed by atoms with Crippen LogP contribution in [0.25, 0.3) is 10.9 Å². The number of nitrogens with one attached hydrogen (secondary N) is 1. The Balaban J connectivity index is 2.48. The topological polar surface area (TPSA) is 42.0 Å². The number of hydrogen-bond donors (Lipinski definition) is 1. The number of aromatic nitrogens is 1. The highest BCUT2D eigenvalue weighted by Crippen LogP contribution is 2.24. The van der Waals surface area contributed by atoms with Gasteiger partial charge in [0.15, 0.2) is 0 Å². The monoisotopic (exact) mass is 248 g/mol. The van der Waals surface area contributed by atoms with Crippen LogP contribution in [0.1, 0.15) is 12.5 Å². The molecule has 0 fully saturated rings. The first kappa shape index (κ1) is 11.9. The molecule has 0 spiro atoms. The fourth-order valence-corrected chi connectivity index (χ4v) is 1.71. The van der Waals surface area contributed by atoms with E-state index >= 15 is 0 Å². The smallest absolute Gasteiger partial charge is 0.242 e. The highest BCUT2D eigenvalue weighted by Gasteiger charge is 2.11. The van der Waals surface area contributed by atoms with Crippen molar-refractivity contribution in [3.8, 4) is 0 Å². The van der Waals surface area contributed by atoms with Crippen molar-refractivity contribution in [2.45, 2.75) is 19.2 Å². The first-order chi connectivity index (χ1) is 8.09. The van der Waals surface area contributed by atoms with Crippen LogP contribution in [0.2, 0.25) is 0 Å². The zero-order chi connectivity index (χ0) is 12.4. The van der Waals surface area contributed by atoms with E-state index in [9.17, 15) is 4.79 Å². The lowest BCUT2D eigenvalue weighted by Crippen LogP contribution is -2.20. The molecule has 0 saturated heterocycles. The van der Waals surface area contributed by atoms with Gasteiger partial charge in [-0.3, -0.25) is 9.78 Å². The molecule has 1 unspecified atom stereocenters. The van der Waals surface area contributed by atoms with E-state index in [1.165, 1.54) is 0 Å². The number of anilines is 1. The van der Waals surface area contributed by atoms with Gasteiger partial charge in [-0.1, -0.05) is 6.07 Å². The Morgan fingerprint density at radius 3 is 2.88 bits per heavy atom. The molecule has 1 heterocycles. The molecule has 0 bridgehead atoms. The van der Waals surface area contributed by atoms with Gasteiger partial charge in [-0.2, -0.15) is 0 Å². The molecule has 0 aliphatic heterocycles. The fraction of sp³-hybridized carbons (Fsp3) is 0.231. The predicted molar refractivity (Wildman–Crippen MR) is 70.4 cm³/mol. The fourth-order valence-electron chi connectivity index (χ4n) is 1.66. The van der Waals surface area contributed by atoms with Gasteiger partial charge in [0.05, 0.1) is 11.2 Å². The molecular formula is C13H13ClN2O. The molecule has 88 valence electrons. The van der Waals surface area contributed by atoms with Crippen LogP contribution >= 0.6 is 11.6 Å². The molecule has 0 aliphatic carbocycles. The van der Waals surface area contributed by atoms with Gasteiger partial charge in [-0.25, -0.2) is 0 Å². The zero-order valence-electron chi connectivity index (χ0n) is 9.70. The van der Waals surface area contributed by atoms with Crippen molar-refractivity contribution >= 4 is 34.1 Å². The number of carbonyl (C=O) groups is 1. The van der Waals surface area contributed by atoms with Gasteiger partial charge in [-0.15, -0.1) is 11.6 Å². The van der Waals surface area contributed by atoms with Crippen molar-refractivity contribution < 1.29 is 4.79 Å². The number of hydrogen-bond acceptors (Lipinski definition) is 2. The van der Waals surface area contributed by atoms with Crippen LogP contribution in [0.3, 0.4) is 0 Å². The predicted octanol–water partition coefficient (Wildman–Crippen LogP) is 3.11. The van der Waals surface area contributed by atoms with E-state index in [0.717, 1.165) is 22.2 Å². The largest absolute Gasteiger partial charge is 0.324 e. The Hall–Kier alpha value is -1.61. The summed E-state index contributed by atoms with van der Waals surface area (Å²) in [6.07, 6.45) is 1.74. The van der Waals surface area contributed by atoms with Gasteiger partial charge < -0.3 is 5.32 Å². The molecule has 17 heavy (non-hydrogen) atoms. The van der Waals surface area contributed by atoms with Crippen LogP contribution in [0.5, 0.6) is 0 Å². The van der Waals surface area contributed by atoms with E-state index in [0.29, 0.717) is 0 Å². The number of amides is 1. The molecule has 2 rings (SSSR count). The van der Waals surface area contributed by atoms with E-state index < -0.39 is 5.38 Å². The van der Waals surface area contributed by atoms with Gasteiger partial charge in [-0.05, 0) is 37.6 Å². The van der Waals surface area contributed by atoms with Crippen molar-refractivity contribution in [2.75, 3.05) is 5.32 Å². The number of rotatable bonds is 2. The molecule has 4 heteroatoms. The van der Waals surface area contributed by atoms with Crippen molar-refractivity contribution in [1.29, 1.82) is 0 Å². The second kappa shape index (κ2) is 4.72. The molecule has 0 saturated carbocycles. The number of aryl methyl sites for hydroxylation is 1. The van der Waals surface area contributed by atoms with Crippen LogP contribution in [0.15, 0.2) is 30.5 Å². The van der Waals surface area contributed by atoms with E-state index in [1.54, 1.807) is 13.1 Å². The molecule has 1 aromatic heterocycles. The molecule has 3 nitrogen and oxygen atoms in total. The summed E-state index contributed by atoms with van der Waals surface area (Å²) in [5, 5.41) is 3.18. The maximum absolute atomic E-state index is 11.6. The minimum Gasteiger partial charge on any atom is -0.324 e. The normalized spacial score (nSPS) is 12.4. The lowest BCUT2D eigenvalue weighted by molar-refractivity contribution is -0.115. The van der Waals surface area contributed by atoms with Gasteiger partial charge in [0, 0.05) is 11.6 Å². The molecule has 1 aromatic carbocycles. The van der Waals surface area contributed by atoms with Gasteiger partial charge in [0.2, 0.25) is 5.91 Å². The van der Waals surface area contributed by atoms with E-state index in [1.807, 2.05) is 31.2 Å². The quantitative estimate of drug-likeness (QED) is 0.830. The minimum absolute atomic E-state index is 0.208. The zero-order valence-corrected chi connectivity index (χ0v) is 10.5. The lowest BCUT2D eigenvalue weighted by atomic mass is 10.1. The van der Waals surface area contributed by atoms with Crippen molar-refractivity contribution in [3.05, 3.63) is 36.0 Å². The molecule has 1 atom stereocenters. The van der Waals surface area contributed by atoms with Crippen LogP contribution in [0, 0.1) is 6.92 Å². The summed E-state index contributed by atoms with van der Waals surface area (Å²) >= 11 is 5.73. The van der Waals surface area contributed by atoms with Gasteiger partial charge in [0.25, 0.3) is 0 Å². The third-order valence-electron chi connectivity index (χ3n) is 2.59. The average Bonchev–Trinajstić information content (AvgIpc) is 2.33. The number of pyridine rings is 1. The van der Waals surface area contributed by atoms with Crippen LogP contribution in [-0.2, 0) is 4.79 Å². The van der Waals surface area contributed by atoms with Crippen LogP contribution in [0.4, 0.5) is 5.69 Å². The molecule has 1 amide bonds. The highest BCUT2D eigenvalue weighted by molar-refractivity contribution is 6.32. The van der Waals surface area contributed by atoms with E-state index in [4.69, 9.17) is 11.6 Å². The highest BCUT2D eigenvalue weighted by atomic mass is 35.5. The molecule has 2 aromatic rings. The Kier molecular flexibility index (Phi) is 3.29. The molecule has 1 N–H and O–H groups in total. The number of alkyl halides is 1. The number of fused-ring (bicyclic) bond motifs is 1. The first-order valence-electron chi connectivity index (χ1n) is 5.39. The number of carbonyl (C=O) groups excluding carboxylic acids is 1. The number of halogens is 1. The summed E-state index contributed by atoms with van der Waals surface area (Å²) in [7, 11) is 0. The Morgan fingerprint density at radius 1 is 1.41 bits per heavy atom. The van der Waals surface area contributed by atoms with Crippen molar-refractivity contribution in [1.82, 2.24) is 4.98 Å². The SMILES string of the molecule is Cc1ccc(NC(=O)C(C)Cl)c2cccnc12. The number of nitrogens with zero attached hydrogens (tertiary/aromatic N) is 1. The summed E-state index contributed by atoms with van der Waals surface area (Å²) in [5.41, 5.74) is 2.72. The standard InChI is InChI=1S/C13H13ClN2O/c1-8-5-6-11(16-13(17)9(2)14)10-4-3-7-15-12(8)10/h3-7,9H,1-2H3,(H,16,17). The van der Waals surface area contributed by atoms with E-state index in [-0.39, 0.29) is 5.91 Å². The summed E-state index contributed by atoms with van der Waals surface area (Å²) in [4.78, 5) is 15.9. The van der Waals surface area contributed by atoms with Crippen molar-refractivity contribution in [3.63, 3.8) is 0 Å². The second-order valence-corrected chi connectivity index (χ2v) is 4.59. The van der Waals surface area contributed by atoms with Gasteiger partial charge >= 0.3 is 0 Å². The Morgan fingerprint density at radius 2 is 2.18 bits per heavy atom. The Labute approximate surface area is 105 Å². The average molecular weight is 249 g/mol. The number of benzene rings is 1. The second-order valence-electron chi connectivity index (χ2n) is 3.93. The van der Waals surface area contributed by atoms with Crippen LogP contribution < -0.4 is 5.32 Å². The summed E-state index contributed by atoms with van der Waals surface area (Å²) in [6.45, 7) is 3.64. The Bertz CT molecular complexity index is 566. The maximum Gasteiger partial charge on any atom is 0.242 e. The molecule has 0 aliphatic rings. The van der Waals surface area contributed by atoms with Crippen molar-refractivity contribution in [2.24, 2.45) is 0 Å². The van der Waals surface area contributed by atoms with Gasteiger partial charge in [0.1, 0.15) is 5.38 Å². The lowest BCUT2D eigenvalue weighted by Gasteiger charge is -2.10. The third-order valence-corrected chi connectivity index (χ3v) is 2.79. The molecular weight excluding hydrogens is 236 g/mol. The third kappa shape index (κ3) is 2.39. The maximum atomic E-state index is 11.6. The first-order valence-corrected chi connectivity index (χ1v) is 5.82. The summed E-state index contributed by atoms with van der Waals surface area (Å²) in [6, 6.07) is 7.59. The van der Waals surface area contributed by atoms with E-state index in [2.05, 4.69) is 10.3 Å². The summed E-state index contributed by atoms with van der Waals surface area (Å²) < 4.78 is 0.